The van der Waals surface area contributed by atoms with E-state index in [1.165, 1.54) is 17.7 Å². The highest BCUT2D eigenvalue weighted by Crippen LogP contribution is 2.29. The van der Waals surface area contributed by atoms with E-state index in [9.17, 15) is 17.2 Å². The summed E-state index contributed by atoms with van der Waals surface area (Å²) in [6.45, 7) is 4.44. The van der Waals surface area contributed by atoms with Crippen molar-refractivity contribution in [3.8, 4) is 0 Å². The number of benzene rings is 2. The van der Waals surface area contributed by atoms with Crippen molar-refractivity contribution in [2.75, 3.05) is 19.3 Å². The first kappa shape index (κ1) is 20.9. The highest BCUT2D eigenvalue weighted by atomic mass is 32.2. The van der Waals surface area contributed by atoms with Crippen LogP contribution in [0.3, 0.4) is 0 Å². The number of nitrogens with one attached hydrogen (secondary N) is 1. The average Bonchev–Trinajstić information content (AvgIpc) is 2.64. The van der Waals surface area contributed by atoms with Gasteiger partial charge in [0.2, 0.25) is 10.0 Å². The fourth-order valence-electron chi connectivity index (χ4n) is 3.75. The number of sulfonamides is 1. The van der Waals surface area contributed by atoms with E-state index >= 15 is 0 Å². The van der Waals surface area contributed by atoms with Crippen LogP contribution in [-0.2, 0) is 16.6 Å². The highest BCUT2D eigenvalue weighted by Gasteiger charge is 2.21. The Morgan fingerprint density at radius 1 is 1.07 bits per heavy atom. The third kappa shape index (κ3) is 5.59. The lowest BCUT2D eigenvalue weighted by molar-refractivity contribution is 0.204. The van der Waals surface area contributed by atoms with E-state index in [1.807, 2.05) is 31.2 Å². The van der Waals surface area contributed by atoms with E-state index in [0.717, 1.165) is 49.9 Å². The van der Waals surface area contributed by atoms with Gasteiger partial charge < -0.3 is 0 Å². The Bertz CT molecular complexity index is 909. The summed E-state index contributed by atoms with van der Waals surface area (Å²) in [7, 11) is -3.24. The Labute approximate surface area is 165 Å². The third-order valence-corrected chi connectivity index (χ3v) is 6.06. The molecule has 7 heteroatoms. The summed E-state index contributed by atoms with van der Waals surface area (Å²) < 4.78 is 51.8. The molecule has 1 atom stereocenters. The summed E-state index contributed by atoms with van der Waals surface area (Å²) in [5.41, 5.74) is 2.96. The van der Waals surface area contributed by atoms with Gasteiger partial charge in [-0.1, -0.05) is 30.3 Å². The molecule has 1 saturated heterocycles. The molecule has 0 unspecified atom stereocenters. The van der Waals surface area contributed by atoms with Crippen molar-refractivity contribution in [1.82, 2.24) is 9.62 Å². The summed E-state index contributed by atoms with van der Waals surface area (Å²) in [5.74, 6) is -1.32. The first-order valence-corrected chi connectivity index (χ1v) is 11.3. The molecule has 1 aliphatic rings. The van der Waals surface area contributed by atoms with E-state index in [0.29, 0.717) is 0 Å². The van der Waals surface area contributed by atoms with Gasteiger partial charge in [0.15, 0.2) is 11.6 Å². The van der Waals surface area contributed by atoms with Crippen molar-refractivity contribution < 1.29 is 17.2 Å². The van der Waals surface area contributed by atoms with Crippen LogP contribution in [0, 0.1) is 11.6 Å². The summed E-state index contributed by atoms with van der Waals surface area (Å²) in [6.07, 6.45) is 2.98. The van der Waals surface area contributed by atoms with E-state index in [1.54, 1.807) is 6.07 Å². The Morgan fingerprint density at radius 3 is 2.29 bits per heavy atom. The maximum Gasteiger partial charge on any atom is 0.209 e. The number of halogens is 2. The molecule has 0 aromatic heterocycles. The van der Waals surface area contributed by atoms with Gasteiger partial charge in [0.05, 0.1) is 6.26 Å². The topological polar surface area (TPSA) is 49.4 Å². The predicted molar refractivity (Wildman–Crippen MR) is 106 cm³/mol. The van der Waals surface area contributed by atoms with E-state index in [2.05, 4.69) is 9.62 Å². The van der Waals surface area contributed by atoms with Gasteiger partial charge in [-0.25, -0.2) is 21.9 Å². The van der Waals surface area contributed by atoms with Gasteiger partial charge in [0.1, 0.15) is 0 Å². The first-order chi connectivity index (χ1) is 13.2. The lowest BCUT2D eigenvalue weighted by Crippen LogP contribution is -2.32. The normalized spacial score (nSPS) is 17.6. The smallest absolute Gasteiger partial charge is 0.209 e. The Morgan fingerprint density at radius 2 is 1.71 bits per heavy atom. The van der Waals surface area contributed by atoms with E-state index in [-0.39, 0.29) is 12.0 Å². The lowest BCUT2D eigenvalue weighted by atomic mass is 9.89. The molecule has 4 nitrogen and oxygen atoms in total. The van der Waals surface area contributed by atoms with Gasteiger partial charge in [-0.15, -0.1) is 0 Å². The van der Waals surface area contributed by atoms with Crippen molar-refractivity contribution in [3.05, 3.63) is 70.8 Å². The predicted octanol–water partition coefficient (Wildman–Crippen LogP) is 3.95. The minimum absolute atomic E-state index is 0.261. The Balaban J connectivity index is 1.54. The fraction of sp³-hybridized carbons (Fsp3) is 0.429. The maximum atomic E-state index is 13.5. The van der Waals surface area contributed by atoms with Crippen LogP contribution in [0.5, 0.6) is 0 Å². The van der Waals surface area contributed by atoms with Crippen LogP contribution in [0.1, 0.15) is 48.4 Å². The summed E-state index contributed by atoms with van der Waals surface area (Å²) in [5, 5.41) is 0. The molecule has 0 radical (unpaired) electrons. The minimum atomic E-state index is -3.24. The van der Waals surface area contributed by atoms with Gasteiger partial charge in [0, 0.05) is 12.6 Å². The van der Waals surface area contributed by atoms with Crippen LogP contribution in [-0.4, -0.2) is 32.7 Å². The van der Waals surface area contributed by atoms with E-state index in [4.69, 9.17) is 0 Å². The number of likely N-dealkylation sites (tertiary alicyclic amines) is 1. The molecule has 3 rings (SSSR count). The van der Waals surface area contributed by atoms with Gasteiger partial charge >= 0.3 is 0 Å². The molecular formula is C21H26F2N2O2S. The van der Waals surface area contributed by atoms with Gasteiger partial charge in [-0.3, -0.25) is 4.90 Å². The Kier molecular flexibility index (Phi) is 6.47. The highest BCUT2D eigenvalue weighted by molar-refractivity contribution is 7.88. The third-order valence-electron chi connectivity index (χ3n) is 5.28. The standard InChI is InChI=1S/C21H26F2N2O2S/c1-15(24-28(2,26)27)17-5-3-16(4-6-17)14-25-11-9-18(10-12-25)19-7-8-20(22)21(23)13-19/h3-8,13,15,18,24H,9-12,14H2,1-2H3/t15-/m1/s1. The van der Waals surface area contributed by atoms with Gasteiger partial charge in [-0.2, -0.15) is 0 Å². The van der Waals surface area contributed by atoms with Crippen LogP contribution >= 0.6 is 0 Å². The van der Waals surface area contributed by atoms with Crippen LogP contribution in [0.15, 0.2) is 42.5 Å². The molecule has 0 bridgehead atoms. The minimum Gasteiger partial charge on any atom is -0.299 e. The summed E-state index contributed by atoms with van der Waals surface area (Å²) in [6, 6.07) is 11.9. The number of hydrogen-bond acceptors (Lipinski definition) is 3. The van der Waals surface area contributed by atoms with Crippen LogP contribution in [0.2, 0.25) is 0 Å². The van der Waals surface area contributed by atoms with Gasteiger partial charge in [-0.05, 0) is 67.6 Å². The SMILES string of the molecule is C[C@@H](NS(C)(=O)=O)c1ccc(CN2CCC(c3ccc(F)c(F)c3)CC2)cc1. The molecule has 28 heavy (non-hydrogen) atoms. The zero-order valence-corrected chi connectivity index (χ0v) is 17.0. The van der Waals surface area contributed by atoms with Crippen molar-refractivity contribution >= 4 is 10.0 Å². The molecule has 0 amide bonds. The first-order valence-electron chi connectivity index (χ1n) is 9.45. The van der Waals surface area contributed by atoms with Crippen molar-refractivity contribution in [2.24, 2.45) is 0 Å². The van der Waals surface area contributed by atoms with Crippen LogP contribution in [0.25, 0.3) is 0 Å². The molecule has 2 aromatic carbocycles. The van der Waals surface area contributed by atoms with Crippen LogP contribution in [0.4, 0.5) is 8.78 Å². The number of nitrogens with zero attached hydrogens (tertiary/aromatic N) is 1. The van der Waals surface area contributed by atoms with Gasteiger partial charge in [0.25, 0.3) is 0 Å². The molecule has 2 aromatic rings. The summed E-state index contributed by atoms with van der Waals surface area (Å²) >= 11 is 0. The number of hydrogen-bond donors (Lipinski definition) is 1. The average molecular weight is 409 g/mol. The molecule has 1 heterocycles. The molecule has 152 valence electrons. The molecular weight excluding hydrogens is 382 g/mol. The Hall–Kier alpha value is -1.83. The van der Waals surface area contributed by atoms with Crippen molar-refractivity contribution in [3.63, 3.8) is 0 Å². The van der Waals surface area contributed by atoms with E-state index < -0.39 is 21.7 Å². The molecule has 0 saturated carbocycles. The second-order valence-corrected chi connectivity index (χ2v) is 9.36. The molecule has 1 aliphatic heterocycles. The number of rotatable bonds is 6. The second-order valence-electron chi connectivity index (χ2n) is 7.58. The van der Waals surface area contributed by atoms with Crippen molar-refractivity contribution in [1.29, 1.82) is 0 Å². The monoisotopic (exact) mass is 408 g/mol. The quantitative estimate of drug-likeness (QED) is 0.787. The lowest BCUT2D eigenvalue weighted by Gasteiger charge is -2.32. The van der Waals surface area contributed by atoms with Crippen LogP contribution < -0.4 is 4.72 Å². The molecule has 0 spiro atoms. The second kappa shape index (κ2) is 8.68. The fourth-order valence-corrected chi connectivity index (χ4v) is 4.53. The molecule has 1 fully saturated rings. The maximum absolute atomic E-state index is 13.5. The molecule has 0 aliphatic carbocycles. The molecule has 1 N–H and O–H groups in total. The summed E-state index contributed by atoms with van der Waals surface area (Å²) in [4.78, 5) is 2.35. The zero-order valence-electron chi connectivity index (χ0n) is 16.2. The largest absolute Gasteiger partial charge is 0.299 e. The van der Waals surface area contributed by atoms with Crippen molar-refractivity contribution in [2.45, 2.75) is 38.3 Å². The number of piperidine rings is 1. The zero-order chi connectivity index (χ0) is 20.3.